The number of H-pyrrole nitrogens is 1. The molecule has 2 aromatic heterocycles. The van der Waals surface area contributed by atoms with Gasteiger partial charge in [0.1, 0.15) is 11.4 Å². The molecule has 0 aliphatic rings. The number of hydrogen-bond acceptors (Lipinski definition) is 3. The van der Waals surface area contributed by atoms with Crippen LogP contribution in [0.25, 0.3) is 10.9 Å². The third-order valence-electron chi connectivity index (χ3n) is 2.17. The minimum absolute atomic E-state index is 0.441. The van der Waals surface area contributed by atoms with E-state index in [4.69, 9.17) is 4.74 Å². The van der Waals surface area contributed by atoms with Gasteiger partial charge in [0, 0.05) is 11.6 Å². The zero-order chi connectivity index (χ0) is 13.3. The second-order valence-electron chi connectivity index (χ2n) is 4.85. The number of aromatic nitrogens is 2. The molecular formula is C12H14BrN3O2. The first kappa shape index (κ1) is 12.9. The number of pyridine rings is 1. The van der Waals surface area contributed by atoms with Crippen LogP contribution in [0.15, 0.2) is 22.9 Å². The third kappa shape index (κ3) is 2.81. The molecule has 2 heterocycles. The van der Waals surface area contributed by atoms with Crippen molar-refractivity contribution in [1.29, 1.82) is 0 Å². The van der Waals surface area contributed by atoms with Crippen molar-refractivity contribution >= 4 is 38.7 Å². The Morgan fingerprint density at radius 1 is 1.50 bits per heavy atom. The molecule has 6 heteroatoms. The Kier molecular flexibility index (Phi) is 3.30. The first-order valence-corrected chi connectivity index (χ1v) is 6.28. The molecule has 2 aromatic rings. The third-order valence-corrected chi connectivity index (χ3v) is 2.97. The lowest BCUT2D eigenvalue weighted by Gasteiger charge is -2.19. The van der Waals surface area contributed by atoms with Crippen molar-refractivity contribution in [1.82, 2.24) is 9.97 Å². The van der Waals surface area contributed by atoms with E-state index in [1.807, 2.05) is 33.0 Å². The smallest absolute Gasteiger partial charge is 0.413 e. The van der Waals surface area contributed by atoms with E-state index < -0.39 is 11.7 Å². The number of amides is 1. The van der Waals surface area contributed by atoms with Crippen LogP contribution in [-0.4, -0.2) is 21.7 Å². The van der Waals surface area contributed by atoms with Gasteiger partial charge in [-0.2, -0.15) is 0 Å². The normalized spacial score (nSPS) is 11.6. The largest absolute Gasteiger partial charge is 0.444 e. The van der Waals surface area contributed by atoms with Crippen LogP contribution in [-0.2, 0) is 4.74 Å². The molecule has 0 aromatic carbocycles. The van der Waals surface area contributed by atoms with Crippen LogP contribution in [0.2, 0.25) is 0 Å². The summed E-state index contributed by atoms with van der Waals surface area (Å²) in [6, 6.07) is 1.90. The monoisotopic (exact) mass is 311 g/mol. The van der Waals surface area contributed by atoms with Crippen LogP contribution in [0.4, 0.5) is 10.6 Å². The Balaban J connectivity index is 2.21. The number of nitrogens with zero attached hydrogens (tertiary/aromatic N) is 1. The fraction of sp³-hybridized carbons (Fsp3) is 0.333. The van der Waals surface area contributed by atoms with E-state index in [1.165, 1.54) is 0 Å². The second-order valence-corrected chi connectivity index (χ2v) is 5.65. The minimum atomic E-state index is -0.533. The molecule has 96 valence electrons. The number of nitrogens with one attached hydrogen (secondary N) is 2. The summed E-state index contributed by atoms with van der Waals surface area (Å²) >= 11 is 3.42. The molecule has 0 saturated heterocycles. The number of fused-ring (bicyclic) bond motifs is 1. The van der Waals surface area contributed by atoms with Crippen molar-refractivity contribution in [2.24, 2.45) is 0 Å². The predicted molar refractivity (Wildman–Crippen MR) is 73.7 cm³/mol. The van der Waals surface area contributed by atoms with Crippen molar-refractivity contribution in [2.45, 2.75) is 26.4 Å². The van der Waals surface area contributed by atoms with Gasteiger partial charge in [-0.05, 0) is 42.8 Å². The minimum Gasteiger partial charge on any atom is -0.444 e. The molecule has 2 rings (SSSR count). The average molecular weight is 312 g/mol. The molecule has 5 nitrogen and oxygen atoms in total. The Morgan fingerprint density at radius 2 is 2.22 bits per heavy atom. The van der Waals surface area contributed by atoms with Crippen molar-refractivity contribution in [3.05, 3.63) is 22.9 Å². The van der Waals surface area contributed by atoms with E-state index in [0.717, 1.165) is 15.4 Å². The maximum atomic E-state index is 11.7. The van der Waals surface area contributed by atoms with Crippen LogP contribution in [0.1, 0.15) is 20.8 Å². The lowest BCUT2D eigenvalue weighted by molar-refractivity contribution is 0.0635. The zero-order valence-corrected chi connectivity index (χ0v) is 12.0. The van der Waals surface area contributed by atoms with E-state index in [-0.39, 0.29) is 0 Å². The Morgan fingerprint density at radius 3 is 2.89 bits per heavy atom. The standard InChI is InChI=1S/C12H14BrN3O2/c1-12(2,3)18-11(17)16-10-9(13)7-4-5-14-8(7)6-15-10/h4-6,14H,1-3H3,(H,15,16,17). The Hall–Kier alpha value is -1.56. The molecule has 0 saturated carbocycles. The molecular weight excluding hydrogens is 298 g/mol. The number of hydrogen-bond donors (Lipinski definition) is 2. The molecule has 0 aliphatic carbocycles. The van der Waals surface area contributed by atoms with Crippen molar-refractivity contribution in [3.8, 4) is 0 Å². The molecule has 0 fully saturated rings. The summed E-state index contributed by atoms with van der Waals surface area (Å²) in [5.74, 6) is 0.441. The van der Waals surface area contributed by atoms with Gasteiger partial charge >= 0.3 is 6.09 Å². The van der Waals surface area contributed by atoms with E-state index in [0.29, 0.717) is 5.82 Å². The van der Waals surface area contributed by atoms with Crippen molar-refractivity contribution in [3.63, 3.8) is 0 Å². The first-order chi connectivity index (χ1) is 8.37. The molecule has 2 N–H and O–H groups in total. The number of anilines is 1. The Bertz CT molecular complexity index is 587. The van der Waals surface area contributed by atoms with E-state index in [1.54, 1.807) is 6.20 Å². The predicted octanol–water partition coefficient (Wildman–Crippen LogP) is 3.67. The molecule has 0 bridgehead atoms. The van der Waals surface area contributed by atoms with Crippen LogP contribution in [0, 0.1) is 0 Å². The first-order valence-electron chi connectivity index (χ1n) is 5.48. The molecule has 0 spiro atoms. The van der Waals surface area contributed by atoms with Gasteiger partial charge in [0.05, 0.1) is 16.2 Å². The number of ether oxygens (including phenoxy) is 1. The highest BCUT2D eigenvalue weighted by Crippen LogP contribution is 2.28. The quantitative estimate of drug-likeness (QED) is 0.844. The highest BCUT2D eigenvalue weighted by atomic mass is 79.9. The number of aromatic amines is 1. The maximum Gasteiger partial charge on any atom is 0.413 e. The van der Waals surface area contributed by atoms with Crippen LogP contribution >= 0.6 is 15.9 Å². The highest BCUT2D eigenvalue weighted by molar-refractivity contribution is 9.10. The SMILES string of the molecule is CC(C)(C)OC(=O)Nc1ncc2[nH]ccc2c1Br. The summed E-state index contributed by atoms with van der Waals surface area (Å²) in [5.41, 5.74) is 0.367. The lowest BCUT2D eigenvalue weighted by atomic mass is 10.2. The summed E-state index contributed by atoms with van der Waals surface area (Å²) in [4.78, 5) is 18.9. The van der Waals surface area contributed by atoms with Gasteiger partial charge < -0.3 is 9.72 Å². The topological polar surface area (TPSA) is 67.0 Å². The number of carbonyl (C=O) groups excluding carboxylic acids is 1. The molecule has 18 heavy (non-hydrogen) atoms. The maximum absolute atomic E-state index is 11.7. The van der Waals surface area contributed by atoms with E-state index >= 15 is 0 Å². The van der Waals surface area contributed by atoms with Crippen molar-refractivity contribution < 1.29 is 9.53 Å². The number of rotatable bonds is 1. The number of carbonyl (C=O) groups is 1. The van der Waals surface area contributed by atoms with Gasteiger partial charge in [-0.1, -0.05) is 0 Å². The molecule has 0 aliphatic heterocycles. The molecule has 0 atom stereocenters. The summed E-state index contributed by atoms with van der Waals surface area (Å²) < 4.78 is 5.90. The fourth-order valence-electron chi connectivity index (χ4n) is 1.48. The van der Waals surface area contributed by atoms with Gasteiger partial charge in [0.15, 0.2) is 0 Å². The van der Waals surface area contributed by atoms with E-state index in [2.05, 4.69) is 31.2 Å². The van der Waals surface area contributed by atoms with E-state index in [9.17, 15) is 4.79 Å². The number of halogens is 1. The summed E-state index contributed by atoms with van der Waals surface area (Å²) in [6.07, 6.45) is 2.95. The second kappa shape index (κ2) is 4.61. The molecule has 0 unspecified atom stereocenters. The Labute approximate surface area is 113 Å². The molecule has 1 amide bonds. The molecule has 0 radical (unpaired) electrons. The van der Waals surface area contributed by atoms with Crippen LogP contribution in [0.3, 0.4) is 0 Å². The van der Waals surface area contributed by atoms with Gasteiger partial charge in [-0.25, -0.2) is 9.78 Å². The zero-order valence-electron chi connectivity index (χ0n) is 10.4. The van der Waals surface area contributed by atoms with Gasteiger partial charge in [-0.15, -0.1) is 0 Å². The summed E-state index contributed by atoms with van der Waals surface area (Å²) in [7, 11) is 0. The van der Waals surface area contributed by atoms with Gasteiger partial charge in [0.25, 0.3) is 0 Å². The summed E-state index contributed by atoms with van der Waals surface area (Å²) in [6.45, 7) is 5.43. The van der Waals surface area contributed by atoms with Gasteiger partial charge in [0.2, 0.25) is 0 Å². The lowest BCUT2D eigenvalue weighted by Crippen LogP contribution is -2.27. The average Bonchev–Trinajstić information content (AvgIpc) is 2.68. The summed E-state index contributed by atoms with van der Waals surface area (Å²) in [5, 5.41) is 3.57. The highest BCUT2D eigenvalue weighted by Gasteiger charge is 2.18. The fourth-order valence-corrected chi connectivity index (χ4v) is 2.03. The van der Waals surface area contributed by atoms with Crippen LogP contribution < -0.4 is 5.32 Å². The van der Waals surface area contributed by atoms with Crippen LogP contribution in [0.5, 0.6) is 0 Å². The van der Waals surface area contributed by atoms with Crippen molar-refractivity contribution in [2.75, 3.05) is 5.32 Å². The van der Waals surface area contributed by atoms with Gasteiger partial charge in [-0.3, -0.25) is 5.32 Å².